The van der Waals surface area contributed by atoms with Crippen LogP contribution in [0, 0.1) is 17.0 Å². The first-order valence-electron chi connectivity index (χ1n) is 16.9. The fourth-order valence-electron chi connectivity index (χ4n) is 5.40. The number of amides is 3. The largest absolute Gasteiger partial charge is 0.490 e. The van der Waals surface area contributed by atoms with Crippen LogP contribution in [0.3, 0.4) is 0 Å². The van der Waals surface area contributed by atoms with Gasteiger partial charge in [-0.25, -0.2) is 18.4 Å². The molecule has 6 N–H and O–H groups in total. The number of nitrogens with two attached hydrogens (primary N) is 1. The van der Waals surface area contributed by atoms with Crippen molar-refractivity contribution < 1.29 is 56.1 Å². The van der Waals surface area contributed by atoms with Gasteiger partial charge in [-0.15, -0.1) is 11.8 Å². The Balaban J connectivity index is 0.00000136. The number of thioether (sulfide) groups is 1. The smallest absolute Gasteiger partial charge is 0.480 e. The number of aliphatic carboxylic acids is 2. The third-order valence-corrected chi connectivity index (χ3v) is 8.83. The minimum absolute atomic E-state index is 0.0352. The number of nitrogens with one attached hydrogen (secondary N) is 2. The summed E-state index contributed by atoms with van der Waals surface area (Å²) in [6, 6.07) is 12.2. The molecule has 0 aliphatic heterocycles. The predicted octanol–water partition coefficient (Wildman–Crippen LogP) is 5.21. The number of carbonyl (C=O) groups is 5. The lowest BCUT2D eigenvalue weighted by atomic mass is 9.83. The quantitative estimate of drug-likeness (QED) is 0.0960. The molecule has 12 nitrogen and oxygen atoms in total. The van der Waals surface area contributed by atoms with Crippen LogP contribution in [-0.4, -0.2) is 92.2 Å². The summed E-state index contributed by atoms with van der Waals surface area (Å²) < 4.78 is 63.0. The minimum Gasteiger partial charge on any atom is -0.480 e. The van der Waals surface area contributed by atoms with Crippen LogP contribution in [0.1, 0.15) is 58.3 Å². The molecule has 0 fully saturated rings. The first kappa shape index (κ1) is 46.2. The molecule has 3 amide bonds. The normalized spacial score (nSPS) is 13.1. The van der Waals surface area contributed by atoms with Gasteiger partial charge >= 0.3 is 18.1 Å². The number of benzene rings is 2. The average molecular weight is 800 g/mol. The van der Waals surface area contributed by atoms with Gasteiger partial charge in [-0.05, 0) is 48.6 Å². The van der Waals surface area contributed by atoms with Crippen molar-refractivity contribution in [3.05, 3.63) is 83.7 Å². The maximum atomic E-state index is 15.1. The summed E-state index contributed by atoms with van der Waals surface area (Å²) in [7, 11) is 0. The summed E-state index contributed by atoms with van der Waals surface area (Å²) >= 11 is 1.08. The number of hydrogen-bond donors (Lipinski definition) is 5. The maximum absolute atomic E-state index is 15.1. The number of carbonyl (C=O) groups excluding carboxylic acids is 3. The lowest BCUT2D eigenvalue weighted by molar-refractivity contribution is -0.192. The molecule has 0 spiro atoms. The second-order valence-electron chi connectivity index (χ2n) is 13.6. The predicted molar refractivity (Wildman–Crippen MR) is 197 cm³/mol. The molecule has 2 aromatic carbocycles. The third-order valence-electron chi connectivity index (χ3n) is 7.81. The molecule has 0 bridgehead atoms. The Hall–Kier alpha value is -4.97. The highest BCUT2D eigenvalue weighted by atomic mass is 32.2. The van der Waals surface area contributed by atoms with Crippen molar-refractivity contribution in [3.63, 3.8) is 0 Å². The Morgan fingerprint density at radius 1 is 0.982 bits per heavy atom. The number of rotatable bonds is 16. The van der Waals surface area contributed by atoms with Gasteiger partial charge in [-0.1, -0.05) is 51.1 Å². The molecule has 0 aliphatic rings. The molecular weight excluding hydrogens is 753 g/mol. The number of nitrogens with zero attached hydrogens (tertiary/aromatic N) is 2. The van der Waals surface area contributed by atoms with E-state index in [1.165, 1.54) is 6.92 Å². The summed E-state index contributed by atoms with van der Waals surface area (Å²) in [6.45, 7) is 9.58. The molecular formula is C37H46F5N5O7S. The van der Waals surface area contributed by atoms with Gasteiger partial charge in [0.05, 0.1) is 17.8 Å². The van der Waals surface area contributed by atoms with Gasteiger partial charge in [0.15, 0.2) is 0 Å². The van der Waals surface area contributed by atoms with Crippen LogP contribution in [0.5, 0.6) is 0 Å². The maximum Gasteiger partial charge on any atom is 0.490 e. The minimum atomic E-state index is -5.08. The number of halogens is 5. The van der Waals surface area contributed by atoms with E-state index in [0.717, 1.165) is 35.5 Å². The Morgan fingerprint density at radius 2 is 1.60 bits per heavy atom. The summed E-state index contributed by atoms with van der Waals surface area (Å²) in [6.07, 6.45) is -2.94. The summed E-state index contributed by atoms with van der Waals surface area (Å²) in [5, 5.41) is 21.8. The Labute approximate surface area is 319 Å². The van der Waals surface area contributed by atoms with Crippen molar-refractivity contribution in [1.82, 2.24) is 20.1 Å². The van der Waals surface area contributed by atoms with Crippen molar-refractivity contribution in [1.29, 1.82) is 0 Å². The Kier molecular flexibility index (Phi) is 17.3. The molecule has 0 aliphatic carbocycles. The lowest BCUT2D eigenvalue weighted by Gasteiger charge is -2.41. The van der Waals surface area contributed by atoms with Crippen LogP contribution in [0.4, 0.5) is 22.0 Å². The molecule has 0 saturated heterocycles. The highest BCUT2D eigenvalue weighted by molar-refractivity contribution is 8.00. The molecule has 1 heterocycles. The zero-order valence-corrected chi connectivity index (χ0v) is 31.8. The number of carboxylic acid groups (broad SMARTS) is 2. The lowest BCUT2D eigenvalue weighted by Crippen LogP contribution is -2.45. The zero-order chi connectivity index (χ0) is 41.7. The molecule has 3 atom stereocenters. The standard InChI is InChI=1S/C35H45F2N5O5S.C2HF3O2/c1-22(38)33(45)39-14-9-15-42(31(44)21-48-20-29(34(46)47)40-23(2)43)32(35(3,4)5)30-16-25(27-17-26(36)12-13-28(27)37)19-41(30)18-24-10-7-6-8-11-24;3-2(4,5)1(6)7/h6-8,10-13,16-17,19,22,29,32H,9,14-15,18,20-21,38H2,1-5H3,(H,39,45)(H,40,43)(H,46,47);(H,6,7)/t22-,29-,32-;/m0./s1. The van der Waals surface area contributed by atoms with E-state index >= 15 is 4.39 Å². The van der Waals surface area contributed by atoms with Gasteiger partial charge in [0.2, 0.25) is 17.7 Å². The van der Waals surface area contributed by atoms with Crippen molar-refractivity contribution in [2.75, 3.05) is 24.6 Å². The van der Waals surface area contributed by atoms with E-state index in [4.69, 9.17) is 15.6 Å². The van der Waals surface area contributed by atoms with Gasteiger partial charge in [0.1, 0.15) is 17.7 Å². The van der Waals surface area contributed by atoms with Gasteiger partial charge < -0.3 is 36.0 Å². The van der Waals surface area contributed by atoms with Crippen LogP contribution in [0.25, 0.3) is 11.1 Å². The van der Waals surface area contributed by atoms with Gasteiger partial charge in [0.25, 0.3) is 0 Å². The number of hydrogen-bond acceptors (Lipinski definition) is 7. The van der Waals surface area contributed by atoms with Crippen molar-refractivity contribution in [3.8, 4) is 11.1 Å². The molecule has 3 aromatic rings. The second-order valence-corrected chi connectivity index (χ2v) is 14.6. The average Bonchev–Trinajstić information content (AvgIpc) is 3.48. The highest BCUT2D eigenvalue weighted by Gasteiger charge is 2.39. The summed E-state index contributed by atoms with van der Waals surface area (Å²) in [5.74, 6) is -6.39. The summed E-state index contributed by atoms with van der Waals surface area (Å²) in [4.78, 5) is 60.0. The van der Waals surface area contributed by atoms with E-state index in [9.17, 15) is 41.8 Å². The van der Waals surface area contributed by atoms with E-state index in [-0.39, 0.29) is 42.0 Å². The van der Waals surface area contributed by atoms with Gasteiger partial charge in [-0.3, -0.25) is 14.4 Å². The van der Waals surface area contributed by atoms with Gasteiger partial charge in [0, 0.05) is 55.3 Å². The molecule has 302 valence electrons. The van der Waals surface area contributed by atoms with Crippen LogP contribution >= 0.6 is 11.8 Å². The number of carboxylic acids is 2. The SMILES string of the molecule is CC(=O)N[C@@H](CSCC(=O)N(CCCNC(=O)[C@H](C)N)[C@@H](c1cc(-c2cc(F)ccc2F)cn1Cc1ccccc1)C(C)(C)C)C(=O)O.O=C(O)C(F)(F)F. The van der Waals surface area contributed by atoms with E-state index < -0.39 is 59.2 Å². The first-order chi connectivity index (χ1) is 25.5. The second kappa shape index (κ2) is 20.6. The number of alkyl halides is 3. The Bertz CT molecular complexity index is 1780. The molecule has 0 unspecified atom stereocenters. The van der Waals surface area contributed by atoms with Crippen LogP contribution in [0.2, 0.25) is 0 Å². The Morgan fingerprint density at radius 3 is 2.13 bits per heavy atom. The fourth-order valence-corrected chi connectivity index (χ4v) is 6.32. The van der Waals surface area contributed by atoms with E-state index in [1.807, 2.05) is 55.7 Å². The van der Waals surface area contributed by atoms with Crippen molar-refractivity contribution in [2.24, 2.45) is 11.1 Å². The molecule has 1 aromatic heterocycles. The first-order valence-corrected chi connectivity index (χ1v) is 18.1. The molecule has 0 radical (unpaired) electrons. The topological polar surface area (TPSA) is 184 Å². The molecule has 0 saturated carbocycles. The van der Waals surface area contributed by atoms with Crippen LogP contribution in [-0.2, 0) is 30.5 Å². The van der Waals surface area contributed by atoms with E-state index in [0.29, 0.717) is 24.2 Å². The molecule has 3 rings (SSSR count). The molecule has 18 heteroatoms. The fraction of sp³-hybridized carbons (Fsp3) is 0.432. The van der Waals surface area contributed by atoms with Gasteiger partial charge in [-0.2, -0.15) is 13.2 Å². The zero-order valence-electron chi connectivity index (χ0n) is 31.0. The summed E-state index contributed by atoms with van der Waals surface area (Å²) in [5.41, 5.74) is 7.27. The third kappa shape index (κ3) is 15.0. The number of aromatic nitrogens is 1. The van der Waals surface area contributed by atoms with Crippen molar-refractivity contribution >= 4 is 41.4 Å². The van der Waals surface area contributed by atoms with E-state index in [1.54, 1.807) is 24.1 Å². The highest BCUT2D eigenvalue weighted by Crippen LogP contribution is 2.41. The molecule has 55 heavy (non-hydrogen) atoms. The van der Waals surface area contributed by atoms with Crippen LogP contribution < -0.4 is 16.4 Å². The monoisotopic (exact) mass is 799 g/mol. The van der Waals surface area contributed by atoms with E-state index in [2.05, 4.69) is 10.6 Å². The van der Waals surface area contributed by atoms with Crippen LogP contribution in [0.15, 0.2) is 60.8 Å². The van der Waals surface area contributed by atoms with Crippen molar-refractivity contribution in [2.45, 2.75) is 71.9 Å².